The molecule has 0 amide bonds. The molecule has 14 nitrogen and oxygen atoms in total. The van der Waals surface area contributed by atoms with E-state index >= 15 is 0 Å². The van der Waals surface area contributed by atoms with Crippen LogP contribution in [0.15, 0.2) is 208 Å². The summed E-state index contributed by atoms with van der Waals surface area (Å²) >= 11 is 17.9. The third-order valence-corrected chi connectivity index (χ3v) is 18.9. The predicted octanol–water partition coefficient (Wildman–Crippen LogP) is 19.2. The zero-order valence-corrected chi connectivity index (χ0v) is 58.0. The summed E-state index contributed by atoms with van der Waals surface area (Å²) < 4.78 is 113. The number of phenols is 2. The van der Waals surface area contributed by atoms with Gasteiger partial charge >= 0.3 is 5.97 Å². The van der Waals surface area contributed by atoms with E-state index in [0.29, 0.717) is 66.4 Å². The van der Waals surface area contributed by atoms with Crippen molar-refractivity contribution in [3.8, 4) is 44.9 Å². The summed E-state index contributed by atoms with van der Waals surface area (Å²) in [6.45, 7) is 5.49. The fourth-order valence-corrected chi connectivity index (χ4v) is 12.9. The van der Waals surface area contributed by atoms with E-state index < -0.39 is 74.6 Å². The van der Waals surface area contributed by atoms with Crippen molar-refractivity contribution in [1.82, 2.24) is 20.2 Å². The van der Waals surface area contributed by atoms with E-state index in [1.54, 1.807) is 60.7 Å². The van der Waals surface area contributed by atoms with Crippen molar-refractivity contribution < 1.29 is 69.0 Å². The largest absolute Gasteiger partial charge is 0.508 e. The second-order valence-electron chi connectivity index (χ2n) is 25.2. The number of aromatic nitrogens is 3. The molecule has 526 valence electrons. The number of carboxylic acids is 1. The van der Waals surface area contributed by atoms with Gasteiger partial charge in [0.15, 0.2) is 0 Å². The maximum Gasteiger partial charge on any atom is 0.307 e. The Morgan fingerprint density at radius 1 is 0.510 bits per heavy atom. The molecule has 2 aliphatic carbocycles. The number of carboxylic acid groups (broad SMARTS) is 1. The Morgan fingerprint density at radius 3 is 1.30 bits per heavy atom. The van der Waals surface area contributed by atoms with Gasteiger partial charge in [-0.05, 0) is 217 Å². The third kappa shape index (κ3) is 20.2. The number of hydrogen-bond acceptors (Lipinski definition) is 12. The molecule has 2 aliphatic rings. The highest BCUT2D eigenvalue weighted by molar-refractivity contribution is 7.84. The van der Waals surface area contributed by atoms with Crippen LogP contribution in [0, 0.1) is 34.9 Å². The Labute approximate surface area is 600 Å². The molecular formula is C78H66Cl3F6N5O9S. The molecule has 11 aromatic rings. The van der Waals surface area contributed by atoms with Gasteiger partial charge in [-0.3, -0.25) is 9.59 Å². The van der Waals surface area contributed by atoms with E-state index in [1.165, 1.54) is 55.2 Å². The monoisotopic (exact) mass is 1470 g/mol. The number of aromatic hydroxyl groups is 2. The molecule has 0 fully saturated rings. The molecule has 0 unspecified atom stereocenters. The van der Waals surface area contributed by atoms with Crippen LogP contribution in [-0.2, 0) is 52.7 Å². The Balaban J connectivity index is 0.000000153. The minimum atomic E-state index is -1.44. The Bertz CT molecular complexity index is 4830. The second-order valence-corrected chi connectivity index (χ2v) is 28.5. The third-order valence-electron chi connectivity index (χ3n) is 16.5. The lowest BCUT2D eigenvalue weighted by atomic mass is 9.86. The van der Waals surface area contributed by atoms with Crippen molar-refractivity contribution in [2.24, 2.45) is 5.73 Å². The van der Waals surface area contributed by atoms with Gasteiger partial charge in [-0.2, -0.15) is 0 Å². The fraction of sp³-hybridized carbons (Fsp3) is 0.192. The van der Waals surface area contributed by atoms with Crippen LogP contribution in [-0.4, -0.2) is 51.5 Å². The number of Topliss-reactive ketones (excluding diaryl/α,β-unsaturated/α-hetero) is 1. The van der Waals surface area contributed by atoms with Crippen LogP contribution in [0.25, 0.3) is 44.5 Å². The fourth-order valence-electron chi connectivity index (χ4n) is 11.7. The molecule has 3 aromatic heterocycles. The number of halogens is 9. The Hall–Kier alpha value is -9.87. The SMILES string of the molecule is CC(C)(C)[S@](=O)N[C@H](Cc1cc(F)cc(F)c1)c1nocc1-c1ccc(Cl)cc1.N[C@H](Cc1cc(F)cc(F)c1)c1nocc1-c1ccc(Cl)cc1.O=C(CC1=CCc2ccc(O)cc21)C[C@H](Cc1cc(F)cc(F)c1)c1nocc1-c1ccc(Cl)cc1.O=C(O)CC1=CCc2ccc(O)cc21. The van der Waals surface area contributed by atoms with Gasteiger partial charge in [-0.1, -0.05) is 111 Å². The molecule has 0 aliphatic heterocycles. The second kappa shape index (κ2) is 33.7. The first kappa shape index (κ1) is 74.8. The maximum absolute atomic E-state index is 13.9. The quantitative estimate of drug-likeness (QED) is 0.0448. The average Bonchev–Trinajstić information content (AvgIpc) is 1.89. The van der Waals surface area contributed by atoms with E-state index in [1.807, 2.05) is 81.5 Å². The molecule has 0 saturated carbocycles. The van der Waals surface area contributed by atoms with E-state index in [0.717, 1.165) is 80.3 Å². The van der Waals surface area contributed by atoms with Crippen molar-refractivity contribution in [2.75, 3.05) is 0 Å². The van der Waals surface area contributed by atoms with Gasteiger partial charge in [-0.15, -0.1) is 0 Å². The van der Waals surface area contributed by atoms with Crippen LogP contribution >= 0.6 is 34.8 Å². The minimum Gasteiger partial charge on any atom is -0.508 e. The summed E-state index contributed by atoms with van der Waals surface area (Å²) in [6, 6.07) is 40.5. The predicted molar refractivity (Wildman–Crippen MR) is 381 cm³/mol. The van der Waals surface area contributed by atoms with Crippen LogP contribution in [0.3, 0.4) is 0 Å². The number of fused-ring (bicyclic) bond motifs is 2. The van der Waals surface area contributed by atoms with Gasteiger partial charge < -0.3 is 34.6 Å². The highest BCUT2D eigenvalue weighted by Crippen LogP contribution is 2.39. The topological polar surface area (TPSA) is 228 Å². The minimum absolute atomic E-state index is 0.0243. The number of nitrogens with zero attached hydrogens (tertiary/aromatic N) is 3. The summed E-state index contributed by atoms with van der Waals surface area (Å²) in [5, 5.41) is 41.8. The number of carbonyl (C=O) groups is 2. The number of phenolic OH excluding ortho intramolecular Hbond substituents is 2. The van der Waals surface area contributed by atoms with Crippen molar-refractivity contribution in [3.05, 3.63) is 301 Å². The van der Waals surface area contributed by atoms with Crippen LogP contribution in [0.4, 0.5) is 26.3 Å². The molecule has 4 atom stereocenters. The molecule has 24 heteroatoms. The number of ketones is 1. The zero-order valence-electron chi connectivity index (χ0n) is 54.9. The first-order chi connectivity index (χ1) is 48.7. The molecule has 13 rings (SSSR count). The summed E-state index contributed by atoms with van der Waals surface area (Å²) in [5.41, 5.74) is 19.1. The van der Waals surface area contributed by atoms with Gasteiger partial charge in [0.25, 0.3) is 0 Å². The summed E-state index contributed by atoms with van der Waals surface area (Å²) in [4.78, 5) is 23.8. The molecule has 0 bridgehead atoms. The zero-order chi connectivity index (χ0) is 72.9. The summed E-state index contributed by atoms with van der Waals surface area (Å²) in [5.74, 6) is -5.01. The van der Waals surface area contributed by atoms with Gasteiger partial charge in [-0.25, -0.2) is 35.3 Å². The molecule has 0 radical (unpaired) electrons. The molecule has 0 spiro atoms. The van der Waals surface area contributed by atoms with Crippen LogP contribution in [0.2, 0.25) is 15.1 Å². The van der Waals surface area contributed by atoms with Gasteiger partial charge in [0, 0.05) is 68.7 Å². The molecule has 8 aromatic carbocycles. The molecule has 0 saturated heterocycles. The average molecular weight is 1470 g/mol. The van der Waals surface area contributed by atoms with E-state index in [4.69, 9.17) is 59.2 Å². The maximum atomic E-state index is 13.9. The van der Waals surface area contributed by atoms with Crippen LogP contribution in [0.1, 0.15) is 114 Å². The number of nitrogens with one attached hydrogen (secondary N) is 1. The Morgan fingerprint density at radius 2 is 0.882 bits per heavy atom. The van der Waals surface area contributed by atoms with E-state index in [-0.39, 0.29) is 55.8 Å². The lowest BCUT2D eigenvalue weighted by molar-refractivity contribution is -0.135. The van der Waals surface area contributed by atoms with Crippen molar-refractivity contribution in [3.63, 3.8) is 0 Å². The van der Waals surface area contributed by atoms with E-state index in [2.05, 4.69) is 20.2 Å². The number of carbonyl (C=O) groups excluding carboxylic acids is 1. The Kier molecular flexibility index (Phi) is 24.7. The first-order valence-corrected chi connectivity index (χ1v) is 34.1. The normalized spacial score (nSPS) is 13.3. The number of aliphatic carboxylic acids is 1. The highest BCUT2D eigenvalue weighted by Gasteiger charge is 2.30. The number of nitrogens with two attached hydrogens (primary N) is 1. The first-order valence-electron chi connectivity index (χ1n) is 31.8. The summed E-state index contributed by atoms with van der Waals surface area (Å²) in [7, 11) is -1.44. The summed E-state index contributed by atoms with van der Waals surface area (Å²) in [6.07, 6.45) is 10.7. The van der Waals surface area contributed by atoms with Gasteiger partial charge in [0.05, 0.1) is 39.9 Å². The number of rotatable bonds is 20. The van der Waals surface area contributed by atoms with Crippen LogP contribution < -0.4 is 10.5 Å². The smallest absolute Gasteiger partial charge is 0.307 e. The molecule has 102 heavy (non-hydrogen) atoms. The molecule has 6 N–H and O–H groups in total. The number of benzene rings is 8. The standard InChI is InChI=1S/C29H22ClF2NO3.C21H21ClF2N2O2S.C17H13ClF2N2O.C11H10O3/c30-22-6-3-19(4-7-22)28-16-36-33-29(28)21(9-17-10-23(31)14-24(32)11-17)13-26(35)12-20-2-1-18-5-8-25(34)15-27(18)20;1-21(2,3)29(27)26-19(10-13-8-16(23)11-17(24)9-13)20-18(12-28-25-20)14-4-6-15(22)7-5-14;18-12-3-1-11(2-4-12)15-9-23-22-17(15)16(21)7-10-5-13(19)8-14(20)6-10;12-9-4-3-7-1-2-8(5-11(13)14)10(7)6-9/h2-8,10-11,14-16,21,34H,1,9,12-13H2;4-9,11-12,19,26H,10H2,1-3H3;1-6,8-9,16H,7,21H2;2-4,6,12H,1,5H2,(H,13,14)/t21-;19-,29+;16-;/m011./s1. The van der Waals surface area contributed by atoms with Crippen molar-refractivity contribution in [1.29, 1.82) is 0 Å². The van der Waals surface area contributed by atoms with Gasteiger partial charge in [0.1, 0.15) is 82.4 Å². The van der Waals surface area contributed by atoms with Crippen molar-refractivity contribution in [2.45, 2.75) is 94.9 Å². The van der Waals surface area contributed by atoms with E-state index in [9.17, 15) is 50.4 Å². The molecular weight excluding hydrogens is 1400 g/mol. The molecule has 3 heterocycles. The van der Waals surface area contributed by atoms with Crippen molar-refractivity contribution >= 4 is 68.7 Å². The highest BCUT2D eigenvalue weighted by atomic mass is 35.5. The lowest BCUT2D eigenvalue weighted by Crippen LogP contribution is -2.36. The number of allylic oxidation sites excluding steroid dienone is 3. The number of hydrogen-bond donors (Lipinski definition) is 5. The van der Waals surface area contributed by atoms with Crippen LogP contribution in [0.5, 0.6) is 11.5 Å². The lowest BCUT2D eigenvalue weighted by Gasteiger charge is -2.24. The van der Waals surface area contributed by atoms with Gasteiger partial charge in [0.2, 0.25) is 0 Å².